The Kier molecular flexibility index (Phi) is 3.41. The van der Waals surface area contributed by atoms with Gasteiger partial charge in [0, 0.05) is 12.1 Å². The first-order valence-corrected chi connectivity index (χ1v) is 3.05. The van der Waals surface area contributed by atoms with E-state index >= 15 is 0 Å². The molecule has 2 heteroatoms. The van der Waals surface area contributed by atoms with E-state index in [0.717, 1.165) is 12.1 Å². The quantitative estimate of drug-likeness (QED) is 0.532. The van der Waals surface area contributed by atoms with Crippen LogP contribution in [0.2, 0.25) is 0 Å². The van der Waals surface area contributed by atoms with Gasteiger partial charge < -0.3 is 5.32 Å². The van der Waals surface area contributed by atoms with E-state index in [4.69, 9.17) is 0 Å². The highest BCUT2D eigenvalue weighted by atomic mass is 35.5. The molecule has 1 aliphatic heterocycles. The molecule has 1 saturated heterocycles. The summed E-state index contributed by atoms with van der Waals surface area (Å²) in [6.45, 7) is 4.48. The molecule has 0 bridgehead atoms. The summed E-state index contributed by atoms with van der Waals surface area (Å²) in [5.74, 6) is 0. The Labute approximate surface area is 57.3 Å². The normalized spacial score (nSPS) is 36.8. The van der Waals surface area contributed by atoms with Crippen LogP contribution in [-0.2, 0) is 0 Å². The molecule has 0 aromatic carbocycles. The molecule has 1 heterocycles. The second kappa shape index (κ2) is 3.31. The average molecular weight is 136 g/mol. The van der Waals surface area contributed by atoms with Crippen molar-refractivity contribution in [3.63, 3.8) is 0 Å². The molecule has 0 amide bonds. The predicted molar refractivity (Wildman–Crippen MR) is 38.5 cm³/mol. The summed E-state index contributed by atoms with van der Waals surface area (Å²) in [5.41, 5.74) is 0. The highest BCUT2D eigenvalue weighted by molar-refractivity contribution is 5.85. The third kappa shape index (κ3) is 2.01. The third-order valence-electron chi connectivity index (χ3n) is 1.60. The van der Waals surface area contributed by atoms with Gasteiger partial charge in [0.15, 0.2) is 0 Å². The van der Waals surface area contributed by atoms with Crippen molar-refractivity contribution in [2.45, 2.75) is 38.8 Å². The Morgan fingerprint density at radius 2 is 1.50 bits per heavy atom. The van der Waals surface area contributed by atoms with Gasteiger partial charge in [0.05, 0.1) is 0 Å². The van der Waals surface area contributed by atoms with Crippen molar-refractivity contribution in [1.29, 1.82) is 0 Å². The first-order chi connectivity index (χ1) is 3.29. The first-order valence-electron chi connectivity index (χ1n) is 3.05. The van der Waals surface area contributed by atoms with Gasteiger partial charge in [0.2, 0.25) is 0 Å². The lowest BCUT2D eigenvalue weighted by Gasteiger charge is -2.01. The fourth-order valence-corrected chi connectivity index (χ4v) is 1.15. The molecule has 0 aromatic heterocycles. The van der Waals surface area contributed by atoms with Crippen molar-refractivity contribution in [3.8, 4) is 0 Å². The molecule has 8 heavy (non-hydrogen) atoms. The van der Waals surface area contributed by atoms with E-state index in [2.05, 4.69) is 19.2 Å². The Hall–Kier alpha value is 0.250. The monoisotopic (exact) mass is 135 g/mol. The number of hydrogen-bond donors (Lipinski definition) is 1. The summed E-state index contributed by atoms with van der Waals surface area (Å²) in [4.78, 5) is 0. The number of rotatable bonds is 0. The maximum absolute atomic E-state index is 3.42. The minimum Gasteiger partial charge on any atom is -0.312 e. The van der Waals surface area contributed by atoms with Crippen LogP contribution in [0.4, 0.5) is 0 Å². The van der Waals surface area contributed by atoms with Gasteiger partial charge in [0.25, 0.3) is 0 Å². The minimum absolute atomic E-state index is 0. The lowest BCUT2D eigenvalue weighted by atomic mass is 10.2. The standard InChI is InChI=1S/C6H13N.ClH/c1-5-3-4-6(2)7-5;/h5-7H,3-4H2,1-2H3;1H/t5-,6-;/m0./s1. The fourth-order valence-electron chi connectivity index (χ4n) is 1.15. The molecule has 0 radical (unpaired) electrons. The molecular formula is C6H14ClN. The molecule has 1 fully saturated rings. The predicted octanol–water partition coefficient (Wildman–Crippen LogP) is 1.57. The number of halogens is 1. The zero-order valence-corrected chi connectivity index (χ0v) is 6.29. The molecule has 1 nitrogen and oxygen atoms in total. The highest BCUT2D eigenvalue weighted by Crippen LogP contribution is 2.09. The van der Waals surface area contributed by atoms with Gasteiger partial charge in [0.1, 0.15) is 0 Å². The zero-order valence-electron chi connectivity index (χ0n) is 5.48. The Morgan fingerprint density at radius 1 is 1.12 bits per heavy atom. The summed E-state index contributed by atoms with van der Waals surface area (Å²) >= 11 is 0. The Morgan fingerprint density at radius 3 is 1.62 bits per heavy atom. The summed E-state index contributed by atoms with van der Waals surface area (Å²) in [5, 5.41) is 3.42. The van der Waals surface area contributed by atoms with Gasteiger partial charge in [-0.2, -0.15) is 0 Å². The first kappa shape index (κ1) is 8.25. The van der Waals surface area contributed by atoms with Crippen LogP contribution >= 0.6 is 12.4 Å². The van der Waals surface area contributed by atoms with Crippen LogP contribution in [0.3, 0.4) is 0 Å². The molecular weight excluding hydrogens is 122 g/mol. The highest BCUT2D eigenvalue weighted by Gasteiger charge is 2.14. The second-order valence-corrected chi connectivity index (χ2v) is 2.55. The van der Waals surface area contributed by atoms with Gasteiger partial charge in [-0.3, -0.25) is 0 Å². The van der Waals surface area contributed by atoms with E-state index in [1.807, 2.05) is 0 Å². The molecule has 1 aliphatic rings. The van der Waals surface area contributed by atoms with E-state index < -0.39 is 0 Å². The van der Waals surface area contributed by atoms with Crippen LogP contribution in [0.15, 0.2) is 0 Å². The van der Waals surface area contributed by atoms with Crippen molar-refractivity contribution in [2.24, 2.45) is 0 Å². The van der Waals surface area contributed by atoms with Crippen LogP contribution in [0, 0.1) is 0 Å². The molecule has 0 aromatic rings. The summed E-state index contributed by atoms with van der Waals surface area (Å²) in [6.07, 6.45) is 2.72. The van der Waals surface area contributed by atoms with Crippen molar-refractivity contribution in [2.75, 3.05) is 0 Å². The maximum Gasteiger partial charge on any atom is 0.00417 e. The Balaban J connectivity index is 0.000000490. The largest absolute Gasteiger partial charge is 0.312 e. The van der Waals surface area contributed by atoms with Gasteiger partial charge in [-0.1, -0.05) is 0 Å². The summed E-state index contributed by atoms with van der Waals surface area (Å²) in [7, 11) is 0. The zero-order chi connectivity index (χ0) is 5.28. The van der Waals surface area contributed by atoms with E-state index in [1.54, 1.807) is 0 Å². The van der Waals surface area contributed by atoms with Crippen molar-refractivity contribution in [1.82, 2.24) is 5.32 Å². The molecule has 0 aliphatic carbocycles. The van der Waals surface area contributed by atoms with Crippen molar-refractivity contribution in [3.05, 3.63) is 0 Å². The minimum atomic E-state index is 0. The second-order valence-electron chi connectivity index (χ2n) is 2.55. The van der Waals surface area contributed by atoms with E-state index in [0.29, 0.717) is 0 Å². The van der Waals surface area contributed by atoms with Gasteiger partial charge >= 0.3 is 0 Å². The van der Waals surface area contributed by atoms with Crippen molar-refractivity contribution >= 4 is 12.4 Å². The van der Waals surface area contributed by atoms with Crippen LogP contribution in [0.5, 0.6) is 0 Å². The summed E-state index contributed by atoms with van der Waals surface area (Å²) < 4.78 is 0. The topological polar surface area (TPSA) is 12.0 Å². The molecule has 1 N–H and O–H groups in total. The average Bonchev–Trinajstić information content (AvgIpc) is 1.87. The molecule has 0 spiro atoms. The molecule has 2 atom stereocenters. The number of nitrogens with one attached hydrogen (secondary N) is 1. The van der Waals surface area contributed by atoms with Crippen LogP contribution in [0.1, 0.15) is 26.7 Å². The van der Waals surface area contributed by atoms with Crippen molar-refractivity contribution < 1.29 is 0 Å². The maximum atomic E-state index is 3.42. The fraction of sp³-hybridized carbons (Fsp3) is 1.00. The molecule has 0 saturated carbocycles. The lowest BCUT2D eigenvalue weighted by Crippen LogP contribution is -2.23. The van der Waals surface area contributed by atoms with Crippen LogP contribution in [0.25, 0.3) is 0 Å². The van der Waals surface area contributed by atoms with E-state index in [1.165, 1.54) is 12.8 Å². The summed E-state index contributed by atoms with van der Waals surface area (Å²) in [6, 6.07) is 1.55. The molecule has 50 valence electrons. The SMILES string of the molecule is C[C@H]1CC[C@H](C)N1.Cl. The van der Waals surface area contributed by atoms with Gasteiger partial charge in [-0.25, -0.2) is 0 Å². The van der Waals surface area contributed by atoms with Crippen LogP contribution < -0.4 is 5.32 Å². The molecule has 0 unspecified atom stereocenters. The van der Waals surface area contributed by atoms with Crippen LogP contribution in [-0.4, -0.2) is 12.1 Å². The van der Waals surface area contributed by atoms with Gasteiger partial charge in [-0.05, 0) is 26.7 Å². The van der Waals surface area contributed by atoms with Gasteiger partial charge in [-0.15, -0.1) is 12.4 Å². The smallest absolute Gasteiger partial charge is 0.00417 e. The lowest BCUT2D eigenvalue weighted by molar-refractivity contribution is 0.596. The molecule has 1 rings (SSSR count). The number of hydrogen-bond acceptors (Lipinski definition) is 1. The van der Waals surface area contributed by atoms with E-state index in [9.17, 15) is 0 Å². The third-order valence-corrected chi connectivity index (χ3v) is 1.60. The van der Waals surface area contributed by atoms with E-state index in [-0.39, 0.29) is 12.4 Å². The Bertz CT molecular complexity index is 57.5.